The van der Waals surface area contributed by atoms with Gasteiger partial charge in [-0.3, -0.25) is 4.79 Å². The van der Waals surface area contributed by atoms with Gasteiger partial charge in [-0.15, -0.1) is 0 Å². The first-order chi connectivity index (χ1) is 9.15. The van der Waals surface area contributed by atoms with Crippen molar-refractivity contribution in [1.29, 1.82) is 0 Å². The Morgan fingerprint density at radius 2 is 2.05 bits per heavy atom. The minimum Gasteiger partial charge on any atom is -0.481 e. The molecular formula is C16H23NO2. The predicted molar refractivity (Wildman–Crippen MR) is 76.1 cm³/mol. The molecule has 0 bridgehead atoms. The molecule has 1 saturated carbocycles. The molecule has 1 aliphatic rings. The summed E-state index contributed by atoms with van der Waals surface area (Å²) in [5, 5.41) is 3.11. The molecule has 3 unspecified atom stereocenters. The summed E-state index contributed by atoms with van der Waals surface area (Å²) in [6, 6.07) is 9.80. The maximum Gasteiger partial charge on any atom is 0.260 e. The van der Waals surface area contributed by atoms with Crippen LogP contribution in [0.15, 0.2) is 30.3 Å². The lowest BCUT2D eigenvalue weighted by molar-refractivity contribution is -0.128. The molecule has 1 aliphatic carbocycles. The first-order valence-corrected chi connectivity index (χ1v) is 7.17. The summed E-state index contributed by atoms with van der Waals surface area (Å²) in [7, 11) is 0. The van der Waals surface area contributed by atoms with Gasteiger partial charge in [0.25, 0.3) is 5.91 Å². The van der Waals surface area contributed by atoms with Crippen molar-refractivity contribution in [3.63, 3.8) is 0 Å². The van der Waals surface area contributed by atoms with E-state index in [1.54, 1.807) is 6.92 Å². The molecule has 1 fully saturated rings. The molecule has 0 saturated heterocycles. The van der Waals surface area contributed by atoms with E-state index in [0.717, 1.165) is 18.6 Å². The topological polar surface area (TPSA) is 38.3 Å². The molecule has 1 N–H and O–H groups in total. The third kappa shape index (κ3) is 4.27. The Morgan fingerprint density at radius 1 is 1.32 bits per heavy atom. The monoisotopic (exact) mass is 261 g/mol. The van der Waals surface area contributed by atoms with Crippen LogP contribution in [-0.4, -0.2) is 18.1 Å². The zero-order valence-electron chi connectivity index (χ0n) is 11.8. The van der Waals surface area contributed by atoms with Gasteiger partial charge >= 0.3 is 0 Å². The lowest BCUT2D eigenvalue weighted by Gasteiger charge is -2.28. The average Bonchev–Trinajstić information content (AvgIpc) is 2.40. The molecule has 104 valence electrons. The normalized spacial score (nSPS) is 24.5. The Labute approximate surface area is 115 Å². The number of carbonyl (C=O) groups excluding carboxylic acids is 1. The highest BCUT2D eigenvalue weighted by molar-refractivity contribution is 5.81. The first kappa shape index (κ1) is 13.9. The van der Waals surface area contributed by atoms with Gasteiger partial charge in [0.15, 0.2) is 6.10 Å². The highest BCUT2D eigenvalue weighted by atomic mass is 16.5. The molecule has 0 radical (unpaired) electrons. The molecule has 1 aromatic rings. The smallest absolute Gasteiger partial charge is 0.260 e. The van der Waals surface area contributed by atoms with Crippen LogP contribution in [0.1, 0.15) is 39.5 Å². The van der Waals surface area contributed by atoms with Gasteiger partial charge in [0.2, 0.25) is 0 Å². The van der Waals surface area contributed by atoms with Gasteiger partial charge in [0, 0.05) is 6.04 Å². The van der Waals surface area contributed by atoms with E-state index in [2.05, 4.69) is 12.2 Å². The van der Waals surface area contributed by atoms with Crippen LogP contribution in [0.5, 0.6) is 5.75 Å². The predicted octanol–water partition coefficient (Wildman–Crippen LogP) is 3.15. The maximum absolute atomic E-state index is 12.1. The number of amides is 1. The van der Waals surface area contributed by atoms with Crippen LogP contribution >= 0.6 is 0 Å². The van der Waals surface area contributed by atoms with E-state index < -0.39 is 6.10 Å². The van der Waals surface area contributed by atoms with Crippen LogP contribution in [0.2, 0.25) is 0 Å². The standard InChI is InChI=1S/C16H23NO2/c1-12-7-6-8-14(11-12)17-16(18)13(2)19-15-9-4-3-5-10-15/h3-5,9-10,12-14H,6-8,11H2,1-2H3,(H,17,18). The van der Waals surface area contributed by atoms with Crippen molar-refractivity contribution in [3.05, 3.63) is 30.3 Å². The fourth-order valence-corrected chi connectivity index (χ4v) is 2.64. The van der Waals surface area contributed by atoms with Crippen molar-refractivity contribution < 1.29 is 9.53 Å². The van der Waals surface area contributed by atoms with Crippen LogP contribution in [0.25, 0.3) is 0 Å². The number of rotatable bonds is 4. The number of hydrogen-bond acceptors (Lipinski definition) is 2. The molecule has 0 spiro atoms. The van der Waals surface area contributed by atoms with E-state index in [1.807, 2.05) is 30.3 Å². The maximum atomic E-state index is 12.1. The molecule has 1 aromatic carbocycles. The molecule has 19 heavy (non-hydrogen) atoms. The lowest BCUT2D eigenvalue weighted by atomic mass is 9.87. The second kappa shape index (κ2) is 6.60. The van der Waals surface area contributed by atoms with Gasteiger partial charge < -0.3 is 10.1 Å². The highest BCUT2D eigenvalue weighted by Gasteiger charge is 2.23. The fourth-order valence-electron chi connectivity index (χ4n) is 2.64. The molecule has 3 heteroatoms. The molecular weight excluding hydrogens is 238 g/mol. The first-order valence-electron chi connectivity index (χ1n) is 7.17. The van der Waals surface area contributed by atoms with Crippen molar-refractivity contribution in [1.82, 2.24) is 5.32 Å². The van der Waals surface area contributed by atoms with E-state index in [0.29, 0.717) is 12.0 Å². The van der Waals surface area contributed by atoms with Crippen molar-refractivity contribution in [3.8, 4) is 5.75 Å². The minimum atomic E-state index is -0.445. The van der Waals surface area contributed by atoms with Gasteiger partial charge in [0.1, 0.15) is 5.75 Å². The van der Waals surface area contributed by atoms with Crippen molar-refractivity contribution in [2.75, 3.05) is 0 Å². The van der Waals surface area contributed by atoms with E-state index >= 15 is 0 Å². The third-order valence-corrected chi connectivity index (χ3v) is 3.71. The zero-order valence-corrected chi connectivity index (χ0v) is 11.8. The Kier molecular flexibility index (Phi) is 4.83. The molecule has 3 nitrogen and oxygen atoms in total. The zero-order chi connectivity index (χ0) is 13.7. The summed E-state index contributed by atoms with van der Waals surface area (Å²) in [4.78, 5) is 12.1. The number of ether oxygens (including phenoxy) is 1. The Balaban J connectivity index is 1.82. The molecule has 0 aliphatic heterocycles. The second-order valence-electron chi connectivity index (χ2n) is 5.55. The van der Waals surface area contributed by atoms with E-state index in [-0.39, 0.29) is 5.91 Å². The second-order valence-corrected chi connectivity index (χ2v) is 5.55. The Hall–Kier alpha value is -1.51. The number of carbonyl (C=O) groups is 1. The van der Waals surface area contributed by atoms with Crippen molar-refractivity contribution in [2.45, 2.75) is 51.7 Å². The molecule has 3 atom stereocenters. The average molecular weight is 261 g/mol. The largest absolute Gasteiger partial charge is 0.481 e. The van der Waals surface area contributed by atoms with E-state index in [4.69, 9.17) is 4.74 Å². The highest BCUT2D eigenvalue weighted by Crippen LogP contribution is 2.23. The summed E-state index contributed by atoms with van der Waals surface area (Å²) in [6.07, 6.45) is 4.22. The van der Waals surface area contributed by atoms with Gasteiger partial charge in [0.05, 0.1) is 0 Å². The molecule has 0 aromatic heterocycles. The SMILES string of the molecule is CC1CCCC(NC(=O)C(C)Oc2ccccc2)C1. The van der Waals surface area contributed by atoms with E-state index in [9.17, 15) is 4.79 Å². The van der Waals surface area contributed by atoms with Crippen LogP contribution in [0, 0.1) is 5.92 Å². The Bertz CT molecular complexity index is 404. The van der Waals surface area contributed by atoms with Crippen molar-refractivity contribution >= 4 is 5.91 Å². The number of nitrogens with one attached hydrogen (secondary N) is 1. The van der Waals surface area contributed by atoms with Crippen LogP contribution in [-0.2, 0) is 4.79 Å². The summed E-state index contributed by atoms with van der Waals surface area (Å²) in [5.74, 6) is 1.44. The lowest BCUT2D eigenvalue weighted by Crippen LogP contribution is -2.44. The summed E-state index contributed by atoms with van der Waals surface area (Å²) in [5.41, 5.74) is 0. The summed E-state index contributed by atoms with van der Waals surface area (Å²) >= 11 is 0. The minimum absolute atomic E-state index is 0.0112. The number of hydrogen-bond donors (Lipinski definition) is 1. The summed E-state index contributed by atoms with van der Waals surface area (Å²) in [6.45, 7) is 4.05. The number of para-hydroxylation sites is 1. The summed E-state index contributed by atoms with van der Waals surface area (Å²) < 4.78 is 5.63. The van der Waals surface area contributed by atoms with Gasteiger partial charge in [-0.2, -0.15) is 0 Å². The fraction of sp³-hybridized carbons (Fsp3) is 0.562. The molecule has 0 heterocycles. The quantitative estimate of drug-likeness (QED) is 0.904. The van der Waals surface area contributed by atoms with Crippen LogP contribution < -0.4 is 10.1 Å². The van der Waals surface area contributed by atoms with Crippen LogP contribution in [0.4, 0.5) is 0 Å². The Morgan fingerprint density at radius 3 is 2.74 bits per heavy atom. The van der Waals surface area contributed by atoms with Gasteiger partial charge in [-0.25, -0.2) is 0 Å². The third-order valence-electron chi connectivity index (χ3n) is 3.71. The van der Waals surface area contributed by atoms with E-state index in [1.165, 1.54) is 12.8 Å². The number of benzene rings is 1. The van der Waals surface area contributed by atoms with Gasteiger partial charge in [-0.05, 0) is 37.8 Å². The van der Waals surface area contributed by atoms with Crippen LogP contribution in [0.3, 0.4) is 0 Å². The molecule has 1 amide bonds. The van der Waals surface area contributed by atoms with Gasteiger partial charge in [-0.1, -0.05) is 38.0 Å². The molecule has 2 rings (SSSR count). The van der Waals surface area contributed by atoms with Crippen molar-refractivity contribution in [2.24, 2.45) is 5.92 Å².